The normalized spacial score (nSPS) is 15.3. The third-order valence-electron chi connectivity index (χ3n) is 4.80. The number of aromatic nitrogens is 1. The Labute approximate surface area is 174 Å². The van der Waals surface area contributed by atoms with Gasteiger partial charge in [0, 0.05) is 44.6 Å². The van der Waals surface area contributed by atoms with Gasteiger partial charge in [-0.15, -0.1) is 22.7 Å². The van der Waals surface area contributed by atoms with Gasteiger partial charge in [0.25, 0.3) is 0 Å². The van der Waals surface area contributed by atoms with Crippen LogP contribution in [0.1, 0.15) is 34.2 Å². The van der Waals surface area contributed by atoms with Gasteiger partial charge in [0.05, 0.1) is 18.8 Å². The van der Waals surface area contributed by atoms with Crippen molar-refractivity contribution in [3.63, 3.8) is 0 Å². The number of methoxy groups -OCH3 is 1. The molecule has 2 aromatic rings. The van der Waals surface area contributed by atoms with E-state index < -0.39 is 0 Å². The highest BCUT2D eigenvalue weighted by atomic mass is 32.1. The molecule has 0 saturated carbocycles. The van der Waals surface area contributed by atoms with Gasteiger partial charge >= 0.3 is 0 Å². The smallest absolute Gasteiger partial charge is 0.242 e. The van der Waals surface area contributed by atoms with Crippen LogP contribution in [0, 0.1) is 0 Å². The van der Waals surface area contributed by atoms with Crippen LogP contribution >= 0.6 is 22.7 Å². The van der Waals surface area contributed by atoms with Gasteiger partial charge in [-0.2, -0.15) is 0 Å². The van der Waals surface area contributed by atoms with Gasteiger partial charge < -0.3 is 19.9 Å². The van der Waals surface area contributed by atoms with Crippen LogP contribution in [0.4, 0.5) is 0 Å². The van der Waals surface area contributed by atoms with Crippen molar-refractivity contribution in [2.24, 2.45) is 4.99 Å². The first-order valence-electron chi connectivity index (χ1n) is 9.23. The summed E-state index contributed by atoms with van der Waals surface area (Å²) < 4.78 is 5.32. The third-order valence-corrected chi connectivity index (χ3v) is 6.88. The predicted octanol–water partition coefficient (Wildman–Crippen LogP) is 2.50. The minimum Gasteiger partial charge on any atom is -0.375 e. The topological polar surface area (TPSA) is 70.1 Å². The van der Waals surface area contributed by atoms with E-state index in [1.165, 1.54) is 10.4 Å². The van der Waals surface area contributed by atoms with E-state index in [2.05, 4.69) is 26.7 Å². The molecule has 0 aliphatic carbocycles. The van der Waals surface area contributed by atoms with Crippen LogP contribution < -0.4 is 5.32 Å². The van der Waals surface area contributed by atoms with E-state index in [9.17, 15) is 4.79 Å². The second kappa shape index (κ2) is 9.49. The van der Waals surface area contributed by atoms with Gasteiger partial charge in [-0.3, -0.25) is 9.79 Å². The summed E-state index contributed by atoms with van der Waals surface area (Å²) in [6.07, 6.45) is 0.937. The van der Waals surface area contributed by atoms with Crippen LogP contribution in [-0.2, 0) is 29.0 Å². The first-order valence-corrected chi connectivity index (χ1v) is 11.0. The van der Waals surface area contributed by atoms with Crippen LogP contribution in [0.3, 0.4) is 0 Å². The summed E-state index contributed by atoms with van der Waals surface area (Å²) in [6.45, 7) is 4.31. The van der Waals surface area contributed by atoms with Crippen LogP contribution in [0.15, 0.2) is 21.8 Å². The second-order valence-electron chi connectivity index (χ2n) is 6.75. The van der Waals surface area contributed by atoms with E-state index in [0.717, 1.165) is 23.7 Å². The van der Waals surface area contributed by atoms with Crippen molar-refractivity contribution >= 4 is 34.5 Å². The number of nitrogens with one attached hydrogen (secondary N) is 1. The summed E-state index contributed by atoms with van der Waals surface area (Å²) in [5.74, 6) is 0.771. The Morgan fingerprint density at radius 3 is 3.07 bits per heavy atom. The molecule has 3 heterocycles. The maximum absolute atomic E-state index is 12.6. The largest absolute Gasteiger partial charge is 0.375 e. The number of thiazole rings is 1. The molecule has 0 fully saturated rings. The fraction of sp³-hybridized carbons (Fsp3) is 0.526. The highest BCUT2D eigenvalue weighted by molar-refractivity contribution is 7.10. The number of carbonyl (C=O) groups is 1. The minimum absolute atomic E-state index is 0.00704. The number of aliphatic imine (C=N–C) groups is 1. The number of amides is 1. The maximum Gasteiger partial charge on any atom is 0.242 e. The molecule has 0 saturated heterocycles. The molecular formula is C19H27N5O2S2. The van der Waals surface area contributed by atoms with Gasteiger partial charge in [0.1, 0.15) is 11.1 Å². The Bertz CT molecular complexity index is 832. The molecule has 1 amide bonds. The van der Waals surface area contributed by atoms with Gasteiger partial charge in [-0.25, -0.2) is 4.98 Å². The first-order chi connectivity index (χ1) is 13.5. The number of fused-ring (bicyclic) bond motifs is 1. The zero-order chi connectivity index (χ0) is 20.1. The SMILES string of the molecule is CN=C(NCC(=O)N1CCc2sccc2C1)N(C)Cc1csc(C(C)OC)n1. The Morgan fingerprint density at radius 2 is 2.32 bits per heavy atom. The zero-order valence-corrected chi connectivity index (χ0v) is 18.4. The molecule has 7 nitrogen and oxygen atoms in total. The van der Waals surface area contributed by atoms with Crippen molar-refractivity contribution in [3.05, 3.63) is 38.0 Å². The van der Waals surface area contributed by atoms with E-state index >= 15 is 0 Å². The lowest BCUT2D eigenvalue weighted by Crippen LogP contribution is -2.46. The van der Waals surface area contributed by atoms with Crippen LogP contribution in [-0.4, -0.2) is 60.9 Å². The molecule has 0 bridgehead atoms. The van der Waals surface area contributed by atoms with Crippen molar-refractivity contribution in [1.82, 2.24) is 20.1 Å². The average molecular weight is 422 g/mol. The number of hydrogen-bond acceptors (Lipinski definition) is 6. The lowest BCUT2D eigenvalue weighted by molar-refractivity contribution is -0.130. The molecule has 0 spiro atoms. The Hall–Kier alpha value is -1.97. The lowest BCUT2D eigenvalue weighted by atomic mass is 10.1. The maximum atomic E-state index is 12.6. The van der Waals surface area contributed by atoms with Crippen molar-refractivity contribution < 1.29 is 9.53 Å². The molecule has 152 valence electrons. The summed E-state index contributed by atoms with van der Waals surface area (Å²) in [5, 5.41) is 8.28. The summed E-state index contributed by atoms with van der Waals surface area (Å²) in [7, 11) is 5.35. The fourth-order valence-corrected chi connectivity index (χ4v) is 4.84. The highest BCUT2D eigenvalue weighted by Crippen LogP contribution is 2.24. The number of hydrogen-bond donors (Lipinski definition) is 1. The molecule has 1 aliphatic heterocycles. The van der Waals surface area contributed by atoms with Crippen LogP contribution in [0.5, 0.6) is 0 Å². The summed E-state index contributed by atoms with van der Waals surface area (Å²) in [5.41, 5.74) is 2.23. The summed E-state index contributed by atoms with van der Waals surface area (Å²) >= 11 is 3.37. The number of ether oxygens (including phenoxy) is 1. The first kappa shape index (κ1) is 20.8. The highest BCUT2D eigenvalue weighted by Gasteiger charge is 2.22. The summed E-state index contributed by atoms with van der Waals surface area (Å²) in [4.78, 5) is 26.8. The number of carbonyl (C=O) groups excluding carboxylic acids is 1. The van der Waals surface area contributed by atoms with Gasteiger partial charge in [0.15, 0.2) is 5.96 Å². The number of thiophene rings is 1. The predicted molar refractivity (Wildman–Crippen MR) is 114 cm³/mol. The van der Waals surface area contributed by atoms with Gasteiger partial charge in [-0.1, -0.05) is 0 Å². The molecule has 2 aromatic heterocycles. The Kier molecular flexibility index (Phi) is 7.03. The lowest BCUT2D eigenvalue weighted by Gasteiger charge is -2.28. The van der Waals surface area contributed by atoms with Crippen molar-refractivity contribution in [3.8, 4) is 0 Å². The Balaban J connectivity index is 1.51. The summed E-state index contributed by atoms with van der Waals surface area (Å²) in [6, 6.07) is 2.12. The molecule has 9 heteroatoms. The number of nitrogens with zero attached hydrogens (tertiary/aromatic N) is 4. The Morgan fingerprint density at radius 1 is 1.50 bits per heavy atom. The molecular weight excluding hydrogens is 394 g/mol. The van der Waals surface area contributed by atoms with Crippen LogP contribution in [0.2, 0.25) is 0 Å². The van der Waals surface area contributed by atoms with Crippen molar-refractivity contribution in [1.29, 1.82) is 0 Å². The average Bonchev–Trinajstić information content (AvgIpc) is 3.36. The van der Waals surface area contributed by atoms with Crippen LogP contribution in [0.25, 0.3) is 0 Å². The van der Waals surface area contributed by atoms with E-state index in [1.54, 1.807) is 36.8 Å². The third kappa shape index (κ3) is 4.89. The monoisotopic (exact) mass is 421 g/mol. The van der Waals surface area contributed by atoms with E-state index in [0.29, 0.717) is 19.0 Å². The van der Waals surface area contributed by atoms with Crippen molar-refractivity contribution in [2.45, 2.75) is 32.5 Å². The molecule has 1 aliphatic rings. The molecule has 3 rings (SSSR count). The minimum atomic E-state index is -0.00704. The molecule has 1 unspecified atom stereocenters. The number of guanidine groups is 1. The fourth-order valence-electron chi connectivity index (χ4n) is 3.11. The van der Waals surface area contributed by atoms with Gasteiger partial charge in [-0.05, 0) is 30.4 Å². The zero-order valence-electron chi connectivity index (χ0n) is 16.8. The van der Waals surface area contributed by atoms with E-state index in [4.69, 9.17) is 4.74 Å². The van der Waals surface area contributed by atoms with Gasteiger partial charge in [0.2, 0.25) is 5.91 Å². The van der Waals surface area contributed by atoms with Crippen molar-refractivity contribution in [2.75, 3.05) is 34.3 Å². The molecule has 1 atom stereocenters. The molecule has 0 aromatic carbocycles. The standard InChI is InChI=1S/C19H27N5O2S2/c1-13(26-4)18-22-15(12-28-18)11-23(3)19(20-2)21-9-17(25)24-7-5-16-14(10-24)6-8-27-16/h6,8,12-13H,5,7,9-11H2,1-4H3,(H,20,21). The molecule has 28 heavy (non-hydrogen) atoms. The van der Waals surface area contributed by atoms with E-state index in [-0.39, 0.29) is 18.6 Å². The number of rotatable bonds is 6. The quantitative estimate of drug-likeness (QED) is 0.573. The molecule has 0 radical (unpaired) electrons. The van der Waals surface area contributed by atoms with E-state index in [1.807, 2.05) is 29.2 Å². The molecule has 1 N–H and O–H groups in total. The second-order valence-corrected chi connectivity index (χ2v) is 8.64.